The van der Waals surface area contributed by atoms with Crippen LogP contribution in [0.25, 0.3) is 0 Å². The second-order valence-electron chi connectivity index (χ2n) is 1.28. The van der Waals surface area contributed by atoms with Crippen molar-refractivity contribution in [2.45, 2.75) is 0 Å². The van der Waals surface area contributed by atoms with Crippen molar-refractivity contribution in [3.05, 3.63) is 0 Å². The number of hydrogen-bond donors (Lipinski definition) is 1. The fraction of sp³-hybridized carbons (Fsp3) is 0.500. The van der Waals surface area contributed by atoms with Crippen LogP contribution in [0.5, 0.6) is 0 Å². The Morgan fingerprint density at radius 3 is 2.44 bits per heavy atom. The Morgan fingerprint density at radius 2 is 2.11 bits per heavy atom. The molecule has 0 saturated carbocycles. The van der Waals surface area contributed by atoms with Crippen LogP contribution in [0.15, 0.2) is 0 Å². The van der Waals surface area contributed by atoms with E-state index in [-0.39, 0.29) is 0 Å². The van der Waals surface area contributed by atoms with Gasteiger partial charge in [-0.2, -0.15) is 0 Å². The number of nitrogens with one attached hydrogen (secondary N) is 1. The fourth-order valence-corrected chi connectivity index (χ4v) is 0.238. The Kier molecular flexibility index (Phi) is 3.51. The lowest BCUT2D eigenvalue weighted by Gasteiger charge is -1.94. The molecule has 5 heteroatoms. The maximum atomic E-state index is 10.3. The van der Waals surface area contributed by atoms with E-state index in [1.165, 1.54) is 14.2 Å². The zero-order chi connectivity index (χ0) is 7.28. The Balaban J connectivity index is 3.47. The number of methoxy groups -OCH3 is 1. The molecule has 0 aromatic rings. The van der Waals surface area contributed by atoms with Gasteiger partial charge in [-0.3, -0.25) is 9.59 Å². The van der Waals surface area contributed by atoms with E-state index in [9.17, 15) is 9.59 Å². The van der Waals surface area contributed by atoms with Gasteiger partial charge in [0.15, 0.2) is 5.81 Å². The second kappa shape index (κ2) is 3.94. The maximum absolute atomic E-state index is 10.3. The highest BCUT2D eigenvalue weighted by molar-refractivity contribution is 6.95. The zero-order valence-electron chi connectivity index (χ0n) is 5.30. The summed E-state index contributed by atoms with van der Waals surface area (Å²) in [5.74, 6) is -1.10. The summed E-state index contributed by atoms with van der Waals surface area (Å²) < 4.78 is 4.17. The van der Waals surface area contributed by atoms with E-state index in [1.807, 2.05) is 0 Å². The van der Waals surface area contributed by atoms with Crippen LogP contribution in [0.2, 0.25) is 0 Å². The van der Waals surface area contributed by atoms with Crippen LogP contribution in [0.3, 0.4) is 0 Å². The van der Waals surface area contributed by atoms with Crippen molar-refractivity contribution in [3.8, 4) is 0 Å². The average molecular weight is 128 g/mol. The summed E-state index contributed by atoms with van der Waals surface area (Å²) in [5.41, 5.74) is 0. The largest absolute Gasteiger partial charge is 0.477 e. The lowest BCUT2D eigenvalue weighted by atomic mass is 9.78. The number of ether oxygens (including phenoxy) is 1. The van der Waals surface area contributed by atoms with Crippen LogP contribution in [0, 0.1) is 0 Å². The van der Waals surface area contributed by atoms with Gasteiger partial charge in [-0.05, 0) is 0 Å². The van der Waals surface area contributed by atoms with E-state index in [1.54, 1.807) is 0 Å². The van der Waals surface area contributed by atoms with E-state index in [2.05, 4.69) is 10.1 Å². The molecule has 0 unspecified atom stereocenters. The first-order valence-corrected chi connectivity index (χ1v) is 2.35. The minimum absolute atomic E-state index is 0.457. The number of carbonyl (C=O) groups excluding carboxylic acids is 2. The molecule has 0 aromatic heterocycles. The van der Waals surface area contributed by atoms with Crippen LogP contribution in [0.1, 0.15) is 0 Å². The molecule has 1 amide bonds. The summed E-state index contributed by atoms with van der Waals surface area (Å²) >= 11 is 0. The molecule has 1 N–H and O–H groups in total. The molecule has 0 aromatic carbocycles. The predicted octanol–water partition coefficient (Wildman–Crippen LogP) is -0.204. The van der Waals surface area contributed by atoms with Crippen molar-refractivity contribution in [2.75, 3.05) is 14.2 Å². The molecule has 0 saturated heterocycles. The Hall–Kier alpha value is -0.995. The van der Waals surface area contributed by atoms with Crippen molar-refractivity contribution in [1.82, 2.24) is 5.32 Å². The summed E-state index contributed by atoms with van der Waals surface area (Å²) in [7, 11) is 3.48. The highest BCUT2D eigenvalue weighted by Crippen LogP contribution is 1.74. The minimum Gasteiger partial charge on any atom is -0.477 e. The predicted molar refractivity (Wildman–Crippen MR) is 32.6 cm³/mol. The highest BCUT2D eigenvalue weighted by atomic mass is 16.5. The van der Waals surface area contributed by atoms with E-state index in [4.69, 9.17) is 0 Å². The topological polar surface area (TPSA) is 55.4 Å². The Labute approximate surface area is 53.8 Å². The summed E-state index contributed by atoms with van der Waals surface area (Å²) in [6.45, 7) is 0. The molecule has 49 valence electrons. The molecular weight excluding hydrogens is 121 g/mol. The van der Waals surface area contributed by atoms with Crippen LogP contribution in [0.4, 0.5) is 9.59 Å². The van der Waals surface area contributed by atoms with Crippen LogP contribution in [-0.2, 0) is 4.74 Å². The van der Waals surface area contributed by atoms with Gasteiger partial charge in [0.25, 0.3) is 5.87 Å². The van der Waals surface area contributed by atoms with Gasteiger partial charge in [-0.15, -0.1) is 0 Å². The molecule has 0 heterocycles. The van der Waals surface area contributed by atoms with Gasteiger partial charge >= 0.3 is 7.28 Å². The van der Waals surface area contributed by atoms with Crippen molar-refractivity contribution < 1.29 is 14.3 Å². The molecule has 9 heavy (non-hydrogen) atoms. The lowest BCUT2D eigenvalue weighted by Crippen LogP contribution is -2.28. The molecular formula is C4H7BNO3. The third-order valence-electron chi connectivity index (χ3n) is 0.697. The standard InChI is InChI=1S/C4H7BNO3/c1-6-3(7)5-4(8)9-2/h1-2H3,(H,6,7). The molecule has 0 bridgehead atoms. The first-order chi connectivity index (χ1) is 4.20. The molecule has 0 fully saturated rings. The molecule has 0 aliphatic carbocycles. The van der Waals surface area contributed by atoms with Crippen LogP contribution >= 0.6 is 0 Å². The third-order valence-corrected chi connectivity index (χ3v) is 0.697. The van der Waals surface area contributed by atoms with Crippen LogP contribution < -0.4 is 5.32 Å². The normalized spacial score (nSPS) is 7.78. The van der Waals surface area contributed by atoms with Gasteiger partial charge in [0, 0.05) is 7.05 Å². The van der Waals surface area contributed by atoms with Crippen molar-refractivity contribution in [2.24, 2.45) is 0 Å². The molecule has 4 nitrogen and oxygen atoms in total. The van der Waals surface area contributed by atoms with Crippen molar-refractivity contribution in [3.63, 3.8) is 0 Å². The van der Waals surface area contributed by atoms with Gasteiger partial charge in [-0.25, -0.2) is 0 Å². The number of amides is 1. The zero-order valence-corrected chi connectivity index (χ0v) is 5.30. The first-order valence-electron chi connectivity index (χ1n) is 2.35. The van der Waals surface area contributed by atoms with Crippen LogP contribution in [-0.4, -0.2) is 33.1 Å². The molecule has 0 aliphatic rings. The third kappa shape index (κ3) is 3.58. The van der Waals surface area contributed by atoms with E-state index in [0.717, 1.165) is 7.28 Å². The van der Waals surface area contributed by atoms with Gasteiger partial charge in [0.2, 0.25) is 0 Å². The second-order valence-corrected chi connectivity index (χ2v) is 1.28. The van der Waals surface area contributed by atoms with E-state index < -0.39 is 11.7 Å². The smallest absolute Gasteiger partial charge is 0.377 e. The number of hydrogen-bond acceptors (Lipinski definition) is 3. The summed E-state index contributed by atoms with van der Waals surface area (Å²) in [6, 6.07) is 0. The summed E-state index contributed by atoms with van der Waals surface area (Å²) in [6.07, 6.45) is 0. The molecule has 1 radical (unpaired) electrons. The molecule has 0 rings (SSSR count). The number of rotatable bonds is 2. The quantitative estimate of drug-likeness (QED) is 0.523. The van der Waals surface area contributed by atoms with E-state index >= 15 is 0 Å². The average Bonchev–Trinajstić information content (AvgIpc) is 1.87. The van der Waals surface area contributed by atoms with E-state index in [0.29, 0.717) is 0 Å². The lowest BCUT2D eigenvalue weighted by molar-refractivity contribution is 0.197. The van der Waals surface area contributed by atoms with Crippen molar-refractivity contribution >= 4 is 19.0 Å². The summed E-state index contributed by atoms with van der Waals surface area (Å²) in [4.78, 5) is 20.6. The highest BCUT2D eigenvalue weighted by Gasteiger charge is 2.09. The Morgan fingerprint density at radius 1 is 1.56 bits per heavy atom. The molecule has 0 spiro atoms. The minimum atomic E-state index is -0.644. The number of carbonyl (C=O) groups is 2. The van der Waals surface area contributed by atoms with Gasteiger partial charge in [0.05, 0.1) is 7.11 Å². The van der Waals surface area contributed by atoms with Gasteiger partial charge in [-0.1, -0.05) is 0 Å². The van der Waals surface area contributed by atoms with Crippen molar-refractivity contribution in [1.29, 1.82) is 0 Å². The first kappa shape index (κ1) is 8.00. The summed E-state index contributed by atoms with van der Waals surface area (Å²) in [5, 5.41) is 2.23. The molecule has 0 atom stereocenters. The molecule has 0 aliphatic heterocycles. The Bertz CT molecular complexity index is 111. The van der Waals surface area contributed by atoms with Gasteiger partial charge < -0.3 is 10.1 Å². The maximum Gasteiger partial charge on any atom is 0.377 e. The fourth-order valence-electron chi connectivity index (χ4n) is 0.238. The monoisotopic (exact) mass is 128 g/mol. The van der Waals surface area contributed by atoms with Gasteiger partial charge in [0.1, 0.15) is 0 Å². The SMILES string of the molecule is CNC(=O)[B]C(=O)OC.